The topological polar surface area (TPSA) is 161 Å². The molecule has 0 aliphatic heterocycles. The molecule has 12 heteroatoms. The van der Waals surface area contributed by atoms with Gasteiger partial charge in [-0.15, -0.1) is 0 Å². The normalized spacial score (nSPS) is 14.0. The highest BCUT2D eigenvalue weighted by Gasteiger charge is 2.37. The molecule has 1 aromatic carbocycles. The summed E-state index contributed by atoms with van der Waals surface area (Å²) in [4.78, 5) is 30.3. The van der Waals surface area contributed by atoms with Gasteiger partial charge in [-0.25, -0.2) is 9.37 Å². The molecule has 10 nitrogen and oxygen atoms in total. The number of halogens is 2. The third-order valence-electron chi connectivity index (χ3n) is 5.55. The van der Waals surface area contributed by atoms with Crippen LogP contribution in [0, 0.1) is 23.1 Å². The molecule has 1 aliphatic carbocycles. The average molecular weight is 478 g/mol. The molecule has 0 spiro atoms. The van der Waals surface area contributed by atoms with Gasteiger partial charge in [0.1, 0.15) is 29.1 Å². The van der Waals surface area contributed by atoms with Crippen molar-refractivity contribution in [1.29, 1.82) is 5.26 Å². The van der Waals surface area contributed by atoms with E-state index in [2.05, 4.69) is 20.3 Å². The van der Waals surface area contributed by atoms with Gasteiger partial charge in [0.25, 0.3) is 5.56 Å². The number of nitrogens with two attached hydrogens (primary N) is 2. The largest absolute Gasteiger partial charge is 0.382 e. The Morgan fingerprint density at radius 1 is 1.24 bits per heavy atom. The van der Waals surface area contributed by atoms with Crippen LogP contribution in [0.15, 0.2) is 41.5 Å². The van der Waals surface area contributed by atoms with Gasteiger partial charge in [-0.2, -0.15) is 15.2 Å². The first-order valence-electron chi connectivity index (χ1n) is 10.3. The average Bonchev–Trinajstić information content (AvgIpc) is 3.62. The maximum Gasteiger partial charge on any atom is 0.267 e. The molecule has 34 heavy (non-hydrogen) atoms. The molecule has 3 heterocycles. The van der Waals surface area contributed by atoms with Crippen LogP contribution in [0.5, 0.6) is 0 Å². The third kappa shape index (κ3) is 3.74. The van der Waals surface area contributed by atoms with Crippen molar-refractivity contribution in [3.63, 3.8) is 0 Å². The molecule has 1 saturated carbocycles. The highest BCUT2D eigenvalue weighted by molar-refractivity contribution is 6.35. The lowest BCUT2D eigenvalue weighted by Crippen LogP contribution is -2.30. The van der Waals surface area contributed by atoms with E-state index in [1.807, 2.05) is 6.07 Å². The van der Waals surface area contributed by atoms with Crippen molar-refractivity contribution >= 4 is 40.1 Å². The summed E-state index contributed by atoms with van der Waals surface area (Å²) in [6.45, 7) is 0. The molecule has 1 atom stereocenters. The number of hydrogen-bond acceptors (Lipinski definition) is 9. The zero-order valence-corrected chi connectivity index (χ0v) is 18.3. The molecule has 170 valence electrons. The van der Waals surface area contributed by atoms with E-state index in [4.69, 9.17) is 28.1 Å². The quantitative estimate of drug-likeness (QED) is 0.392. The first-order valence-corrected chi connectivity index (χ1v) is 10.7. The van der Waals surface area contributed by atoms with Crippen LogP contribution in [0.1, 0.15) is 30.3 Å². The first kappa shape index (κ1) is 21.5. The number of nitriles is 1. The molecule has 0 radical (unpaired) electrons. The smallest absolute Gasteiger partial charge is 0.267 e. The predicted molar refractivity (Wildman–Crippen MR) is 125 cm³/mol. The second kappa shape index (κ2) is 8.24. The number of nitrogen functional groups attached to an aromatic ring is 2. The van der Waals surface area contributed by atoms with Gasteiger partial charge in [0.2, 0.25) is 5.95 Å². The van der Waals surface area contributed by atoms with Gasteiger partial charge in [0, 0.05) is 6.07 Å². The molecule has 3 aromatic heterocycles. The number of aromatic nitrogens is 5. The summed E-state index contributed by atoms with van der Waals surface area (Å²) in [6.07, 6.45) is 4.07. The number of anilines is 3. The number of hydrogen-bond donors (Lipinski definition) is 3. The highest BCUT2D eigenvalue weighted by atomic mass is 35.5. The highest BCUT2D eigenvalue weighted by Crippen LogP contribution is 2.43. The van der Waals surface area contributed by atoms with E-state index in [-0.39, 0.29) is 51.0 Å². The van der Waals surface area contributed by atoms with Crippen LogP contribution in [0.2, 0.25) is 5.02 Å². The summed E-state index contributed by atoms with van der Waals surface area (Å²) in [5.74, 6) is -0.340. The molecule has 4 aromatic rings. The lowest BCUT2D eigenvalue weighted by Gasteiger charge is -2.23. The van der Waals surface area contributed by atoms with Crippen molar-refractivity contribution in [2.24, 2.45) is 5.92 Å². The van der Waals surface area contributed by atoms with Crippen molar-refractivity contribution in [2.75, 3.05) is 16.8 Å². The zero-order valence-electron chi connectivity index (χ0n) is 17.5. The molecule has 5 rings (SSSR count). The minimum absolute atomic E-state index is 0.0185. The van der Waals surface area contributed by atoms with Crippen LogP contribution in [-0.4, -0.2) is 24.5 Å². The lowest BCUT2D eigenvalue weighted by atomic mass is 10.1. The van der Waals surface area contributed by atoms with E-state index in [9.17, 15) is 14.4 Å². The van der Waals surface area contributed by atoms with E-state index < -0.39 is 17.4 Å². The monoisotopic (exact) mass is 477 g/mol. The molecular formula is C22H17ClFN9O. The van der Waals surface area contributed by atoms with Crippen molar-refractivity contribution in [3.8, 4) is 11.8 Å². The Morgan fingerprint density at radius 3 is 2.74 bits per heavy atom. The number of fused-ring (bicyclic) bond motifs is 1. The molecule has 1 fully saturated rings. The summed E-state index contributed by atoms with van der Waals surface area (Å²) in [7, 11) is 0. The third-order valence-corrected chi connectivity index (χ3v) is 5.87. The van der Waals surface area contributed by atoms with Crippen LogP contribution >= 0.6 is 11.6 Å². The molecule has 0 bridgehead atoms. The fourth-order valence-corrected chi connectivity index (χ4v) is 4.12. The Hall–Kier alpha value is -4.30. The Morgan fingerprint density at radius 2 is 2.03 bits per heavy atom. The summed E-state index contributed by atoms with van der Waals surface area (Å²) < 4.78 is 15.4. The minimum Gasteiger partial charge on any atom is -0.382 e. The van der Waals surface area contributed by atoms with Crippen molar-refractivity contribution in [3.05, 3.63) is 69.2 Å². The number of rotatable bonds is 5. The lowest BCUT2D eigenvalue weighted by molar-refractivity contribution is 0.600. The summed E-state index contributed by atoms with van der Waals surface area (Å²) in [5.41, 5.74) is 11.7. The Labute approximate surface area is 197 Å². The Bertz CT molecular complexity index is 1540. The van der Waals surface area contributed by atoms with E-state index in [1.165, 1.54) is 16.8 Å². The van der Waals surface area contributed by atoms with Gasteiger partial charge in [0.05, 0.1) is 40.0 Å². The van der Waals surface area contributed by atoms with Gasteiger partial charge in [-0.1, -0.05) is 17.7 Å². The number of benzene rings is 1. The molecule has 1 aliphatic rings. The Balaban J connectivity index is 1.77. The molecule has 0 saturated heterocycles. The maximum absolute atomic E-state index is 14.1. The Kier molecular flexibility index (Phi) is 5.22. The van der Waals surface area contributed by atoms with Crippen molar-refractivity contribution in [2.45, 2.75) is 18.9 Å². The predicted octanol–water partition coefficient (Wildman–Crippen LogP) is 2.96. The van der Waals surface area contributed by atoms with Gasteiger partial charge >= 0.3 is 0 Å². The first-order chi connectivity index (χ1) is 16.4. The minimum atomic E-state index is -0.617. The molecular weight excluding hydrogens is 461 g/mol. The standard InChI is InChI=1S/C22H17ClFN9O/c23-14-2-1-3-15-16(14)21(34)33(12-6-11(24)8-28-9-12)20(29-15)17(10-4-5-10)30-19-13(7-25)18(26)31-22(27)32-19/h1-3,6,8-10,17H,4-5H2,(H5,26,27,30,31,32). The molecule has 1 unspecified atom stereocenters. The molecule has 0 amide bonds. The van der Waals surface area contributed by atoms with Crippen LogP contribution in [0.4, 0.5) is 22.0 Å². The van der Waals surface area contributed by atoms with E-state index in [1.54, 1.807) is 18.2 Å². The van der Waals surface area contributed by atoms with Crippen LogP contribution in [0.25, 0.3) is 16.6 Å². The number of nitrogens with zero attached hydrogens (tertiary/aromatic N) is 6. The number of pyridine rings is 1. The second-order valence-corrected chi connectivity index (χ2v) is 8.27. The van der Waals surface area contributed by atoms with Crippen LogP contribution in [-0.2, 0) is 0 Å². The maximum atomic E-state index is 14.1. The fourth-order valence-electron chi connectivity index (χ4n) is 3.87. The van der Waals surface area contributed by atoms with Crippen LogP contribution < -0.4 is 22.3 Å². The van der Waals surface area contributed by atoms with Gasteiger partial charge < -0.3 is 16.8 Å². The van der Waals surface area contributed by atoms with Crippen molar-refractivity contribution in [1.82, 2.24) is 24.5 Å². The zero-order chi connectivity index (χ0) is 24.0. The van der Waals surface area contributed by atoms with Gasteiger partial charge in [-0.3, -0.25) is 14.3 Å². The van der Waals surface area contributed by atoms with Gasteiger partial charge in [0.15, 0.2) is 5.82 Å². The SMILES string of the molecule is N#Cc1c(N)nc(N)nc1NC(c1nc2cccc(Cl)c2c(=O)n1-c1cncc(F)c1)C1CC1. The van der Waals surface area contributed by atoms with Gasteiger partial charge in [-0.05, 0) is 30.9 Å². The molecule has 5 N–H and O–H groups in total. The number of nitrogens with one attached hydrogen (secondary N) is 1. The van der Waals surface area contributed by atoms with Crippen LogP contribution in [0.3, 0.4) is 0 Å². The van der Waals surface area contributed by atoms with E-state index in [0.29, 0.717) is 5.52 Å². The summed E-state index contributed by atoms with van der Waals surface area (Å²) >= 11 is 6.32. The summed E-state index contributed by atoms with van der Waals surface area (Å²) in [6, 6.07) is 7.53. The summed E-state index contributed by atoms with van der Waals surface area (Å²) in [5, 5.41) is 13.2. The fraction of sp³-hybridized carbons (Fsp3) is 0.182. The van der Waals surface area contributed by atoms with E-state index >= 15 is 0 Å². The second-order valence-electron chi connectivity index (χ2n) is 7.87. The van der Waals surface area contributed by atoms with E-state index in [0.717, 1.165) is 19.0 Å². The van der Waals surface area contributed by atoms with Crippen molar-refractivity contribution < 1.29 is 4.39 Å².